The molecule has 0 aliphatic carbocycles. The summed E-state index contributed by atoms with van der Waals surface area (Å²) in [5.74, 6) is 0. The molecule has 0 aliphatic heterocycles. The summed E-state index contributed by atoms with van der Waals surface area (Å²) in [4.78, 5) is 0.965. The summed E-state index contributed by atoms with van der Waals surface area (Å²) in [7, 11) is 0. The van der Waals surface area contributed by atoms with E-state index in [4.69, 9.17) is 11.6 Å². The maximum atomic E-state index is 5.70. The first-order valence-electron chi connectivity index (χ1n) is 2.35. The van der Waals surface area contributed by atoms with Crippen LogP contribution in [0.2, 0.25) is 5.02 Å². The van der Waals surface area contributed by atoms with Gasteiger partial charge < -0.3 is 0 Å². The topological polar surface area (TPSA) is 25.8 Å². The molecule has 0 saturated heterocycles. The molecule has 1 heterocycles. The van der Waals surface area contributed by atoms with Crippen molar-refractivity contribution >= 4 is 23.4 Å². The highest BCUT2D eigenvalue weighted by molar-refractivity contribution is 7.98. The lowest BCUT2D eigenvalue weighted by Crippen LogP contribution is -1.79. The maximum Gasteiger partial charge on any atom is 0.0759 e. The molecular weight excluding hydrogens is 156 g/mol. The third-order valence-electron chi connectivity index (χ3n) is 0.868. The van der Waals surface area contributed by atoms with Crippen molar-refractivity contribution in [2.24, 2.45) is 0 Å². The van der Waals surface area contributed by atoms with E-state index in [1.165, 1.54) is 6.20 Å². The molecule has 4 heteroatoms. The van der Waals surface area contributed by atoms with E-state index in [9.17, 15) is 0 Å². The zero-order chi connectivity index (χ0) is 6.69. The predicted octanol–water partition coefficient (Wildman–Crippen LogP) is 1.85. The second-order valence-electron chi connectivity index (χ2n) is 1.41. The van der Waals surface area contributed by atoms with Crippen molar-refractivity contribution in [3.63, 3.8) is 0 Å². The fourth-order valence-corrected chi connectivity index (χ4v) is 1.17. The first kappa shape index (κ1) is 6.83. The van der Waals surface area contributed by atoms with Crippen LogP contribution in [0.15, 0.2) is 17.3 Å². The SMILES string of the molecule is CSc1cnncc1Cl. The normalized spacial score (nSPS) is 9.56. The minimum absolute atomic E-state index is 0.664. The monoisotopic (exact) mass is 160 g/mol. The summed E-state index contributed by atoms with van der Waals surface area (Å²) in [6.07, 6.45) is 5.13. The zero-order valence-corrected chi connectivity index (χ0v) is 6.41. The van der Waals surface area contributed by atoms with Crippen LogP contribution in [-0.2, 0) is 0 Å². The lowest BCUT2D eigenvalue weighted by molar-refractivity contribution is 0.998. The molecule has 48 valence electrons. The molecule has 0 aliphatic rings. The molecule has 0 spiro atoms. The Kier molecular flexibility index (Phi) is 2.30. The molecule has 1 aromatic heterocycles. The van der Waals surface area contributed by atoms with E-state index < -0.39 is 0 Å². The quantitative estimate of drug-likeness (QED) is 0.587. The van der Waals surface area contributed by atoms with E-state index in [1.807, 2.05) is 6.26 Å². The highest BCUT2D eigenvalue weighted by Crippen LogP contribution is 2.21. The van der Waals surface area contributed by atoms with E-state index in [1.54, 1.807) is 18.0 Å². The fourth-order valence-electron chi connectivity index (χ4n) is 0.445. The van der Waals surface area contributed by atoms with Gasteiger partial charge in [0.05, 0.1) is 17.4 Å². The van der Waals surface area contributed by atoms with Gasteiger partial charge in [-0.05, 0) is 6.26 Å². The van der Waals surface area contributed by atoms with Gasteiger partial charge in [-0.1, -0.05) is 11.6 Å². The first-order chi connectivity index (χ1) is 4.34. The number of hydrogen-bond acceptors (Lipinski definition) is 3. The largest absolute Gasteiger partial charge is 0.158 e. The van der Waals surface area contributed by atoms with Crippen molar-refractivity contribution < 1.29 is 0 Å². The van der Waals surface area contributed by atoms with Crippen molar-refractivity contribution in [1.82, 2.24) is 10.2 Å². The number of halogens is 1. The van der Waals surface area contributed by atoms with Crippen LogP contribution < -0.4 is 0 Å². The van der Waals surface area contributed by atoms with Gasteiger partial charge in [0.25, 0.3) is 0 Å². The van der Waals surface area contributed by atoms with Crippen molar-refractivity contribution in [3.05, 3.63) is 17.4 Å². The average molecular weight is 161 g/mol. The summed E-state index contributed by atoms with van der Waals surface area (Å²) >= 11 is 7.26. The van der Waals surface area contributed by atoms with E-state index in [2.05, 4.69) is 10.2 Å². The van der Waals surface area contributed by atoms with E-state index in [0.29, 0.717) is 5.02 Å². The molecule has 0 bridgehead atoms. The number of thioether (sulfide) groups is 1. The summed E-state index contributed by atoms with van der Waals surface area (Å²) in [6.45, 7) is 0. The third-order valence-corrected chi connectivity index (χ3v) is 2.05. The van der Waals surface area contributed by atoms with Gasteiger partial charge in [0.2, 0.25) is 0 Å². The molecule has 0 aromatic carbocycles. The summed E-state index contributed by atoms with van der Waals surface area (Å²) in [5.41, 5.74) is 0. The summed E-state index contributed by atoms with van der Waals surface area (Å²) < 4.78 is 0. The lowest BCUT2D eigenvalue weighted by Gasteiger charge is -1.93. The van der Waals surface area contributed by atoms with Crippen molar-refractivity contribution in [3.8, 4) is 0 Å². The highest BCUT2D eigenvalue weighted by atomic mass is 35.5. The van der Waals surface area contributed by atoms with Crippen LogP contribution in [0.25, 0.3) is 0 Å². The van der Waals surface area contributed by atoms with Gasteiger partial charge >= 0.3 is 0 Å². The molecule has 0 unspecified atom stereocenters. The minimum atomic E-state index is 0.664. The molecule has 1 rings (SSSR count). The lowest BCUT2D eigenvalue weighted by atomic mass is 10.6. The zero-order valence-electron chi connectivity index (χ0n) is 4.84. The Labute approximate surface area is 62.6 Å². The third kappa shape index (κ3) is 1.56. The van der Waals surface area contributed by atoms with Crippen LogP contribution in [-0.4, -0.2) is 16.5 Å². The van der Waals surface area contributed by atoms with Gasteiger partial charge in [-0.2, -0.15) is 10.2 Å². The predicted molar refractivity (Wildman–Crippen MR) is 38.8 cm³/mol. The van der Waals surface area contributed by atoms with Gasteiger partial charge in [0.1, 0.15) is 0 Å². The smallest absolute Gasteiger partial charge is 0.0759 e. The molecule has 0 N–H and O–H groups in total. The van der Waals surface area contributed by atoms with Crippen LogP contribution in [0.3, 0.4) is 0 Å². The number of hydrogen-bond donors (Lipinski definition) is 0. The van der Waals surface area contributed by atoms with Gasteiger partial charge in [0.15, 0.2) is 0 Å². The Morgan fingerprint density at radius 2 is 2.11 bits per heavy atom. The molecular formula is C5H5ClN2S. The second kappa shape index (κ2) is 3.03. The molecule has 1 aromatic rings. The molecule has 9 heavy (non-hydrogen) atoms. The molecule has 0 radical (unpaired) electrons. The first-order valence-corrected chi connectivity index (χ1v) is 3.95. The van der Waals surface area contributed by atoms with Crippen molar-refractivity contribution in [2.45, 2.75) is 4.90 Å². The van der Waals surface area contributed by atoms with Crippen molar-refractivity contribution in [1.29, 1.82) is 0 Å². The molecule has 2 nitrogen and oxygen atoms in total. The average Bonchev–Trinajstić information content (AvgIpc) is 1.89. The van der Waals surface area contributed by atoms with E-state index in [0.717, 1.165) is 4.90 Å². The summed E-state index contributed by atoms with van der Waals surface area (Å²) in [5, 5.41) is 7.92. The van der Waals surface area contributed by atoms with Crippen LogP contribution in [0.1, 0.15) is 0 Å². The van der Waals surface area contributed by atoms with Crippen LogP contribution in [0, 0.1) is 0 Å². The molecule has 0 amide bonds. The van der Waals surface area contributed by atoms with Crippen LogP contribution in [0.4, 0.5) is 0 Å². The Balaban J connectivity index is 3.01. The van der Waals surface area contributed by atoms with Crippen molar-refractivity contribution in [2.75, 3.05) is 6.26 Å². The number of nitrogens with zero attached hydrogens (tertiary/aromatic N) is 2. The minimum Gasteiger partial charge on any atom is -0.158 e. The van der Waals surface area contributed by atoms with Gasteiger partial charge in [-0.25, -0.2) is 0 Å². The Morgan fingerprint density at radius 1 is 1.44 bits per heavy atom. The molecule has 0 atom stereocenters. The molecule has 0 saturated carbocycles. The number of aromatic nitrogens is 2. The maximum absolute atomic E-state index is 5.70. The van der Waals surface area contributed by atoms with Crippen LogP contribution >= 0.6 is 23.4 Å². The van der Waals surface area contributed by atoms with Gasteiger partial charge in [-0.15, -0.1) is 11.8 Å². The number of rotatable bonds is 1. The second-order valence-corrected chi connectivity index (χ2v) is 2.66. The Hall–Kier alpha value is -0.280. The Morgan fingerprint density at radius 3 is 2.56 bits per heavy atom. The standard InChI is InChI=1S/C5H5ClN2S/c1-9-5-3-8-7-2-4(5)6/h2-3H,1H3. The Bertz CT molecular complexity index is 204. The highest BCUT2D eigenvalue weighted by Gasteiger charge is 1.95. The molecule has 0 fully saturated rings. The van der Waals surface area contributed by atoms with Gasteiger partial charge in [-0.3, -0.25) is 0 Å². The van der Waals surface area contributed by atoms with E-state index >= 15 is 0 Å². The fraction of sp³-hybridized carbons (Fsp3) is 0.200. The van der Waals surface area contributed by atoms with Crippen LogP contribution in [0.5, 0.6) is 0 Å². The van der Waals surface area contributed by atoms with Gasteiger partial charge in [0, 0.05) is 4.90 Å². The summed E-state index contributed by atoms with van der Waals surface area (Å²) in [6, 6.07) is 0. The van der Waals surface area contributed by atoms with E-state index in [-0.39, 0.29) is 0 Å².